The second-order valence-corrected chi connectivity index (χ2v) is 8.65. The van der Waals surface area contributed by atoms with Gasteiger partial charge in [0.05, 0.1) is 5.25 Å². The van der Waals surface area contributed by atoms with Crippen LogP contribution in [0.3, 0.4) is 0 Å². The number of ether oxygens (including phenoxy) is 2. The molecule has 32 heavy (non-hydrogen) atoms. The fourth-order valence-electron chi connectivity index (χ4n) is 3.36. The summed E-state index contributed by atoms with van der Waals surface area (Å²) in [6, 6.07) is 20.3. The largest absolute Gasteiger partial charge is 0.454 e. The highest BCUT2D eigenvalue weighted by atomic mass is 32.2. The van der Waals surface area contributed by atoms with Crippen molar-refractivity contribution < 1.29 is 19.1 Å². The number of benzene rings is 3. The molecule has 0 saturated carbocycles. The Balaban J connectivity index is 1.41. The summed E-state index contributed by atoms with van der Waals surface area (Å²) in [6.45, 7) is 4.07. The molecule has 0 saturated heterocycles. The molecule has 1 aliphatic heterocycles. The smallest absolute Gasteiger partial charge is 0.255 e. The van der Waals surface area contributed by atoms with Gasteiger partial charge in [0.25, 0.3) is 5.91 Å². The molecule has 6 nitrogen and oxygen atoms in total. The van der Waals surface area contributed by atoms with Crippen LogP contribution < -0.4 is 20.1 Å². The number of rotatable bonds is 7. The van der Waals surface area contributed by atoms with Crippen molar-refractivity contribution in [2.75, 3.05) is 17.4 Å². The predicted molar refractivity (Wildman–Crippen MR) is 127 cm³/mol. The molecule has 2 N–H and O–H groups in total. The molecular weight excluding hydrogens is 424 g/mol. The van der Waals surface area contributed by atoms with E-state index in [4.69, 9.17) is 9.47 Å². The first-order chi connectivity index (χ1) is 15.5. The van der Waals surface area contributed by atoms with Crippen molar-refractivity contribution in [3.05, 3.63) is 77.9 Å². The molecule has 0 spiro atoms. The van der Waals surface area contributed by atoms with Gasteiger partial charge in [-0.05, 0) is 55.3 Å². The third-order valence-corrected chi connectivity index (χ3v) is 6.42. The fourth-order valence-corrected chi connectivity index (χ4v) is 4.37. The van der Waals surface area contributed by atoms with Gasteiger partial charge in [0.2, 0.25) is 12.7 Å². The van der Waals surface area contributed by atoms with E-state index >= 15 is 0 Å². The van der Waals surface area contributed by atoms with Crippen LogP contribution >= 0.6 is 11.8 Å². The van der Waals surface area contributed by atoms with Crippen LogP contribution in [0.1, 0.15) is 29.3 Å². The summed E-state index contributed by atoms with van der Waals surface area (Å²) in [4.78, 5) is 26.4. The normalized spacial score (nSPS) is 12.8. The summed E-state index contributed by atoms with van der Waals surface area (Å²) >= 11 is 1.46. The Morgan fingerprint density at radius 1 is 0.938 bits per heavy atom. The van der Waals surface area contributed by atoms with Crippen LogP contribution in [0.2, 0.25) is 0 Å². The van der Waals surface area contributed by atoms with Gasteiger partial charge in [-0.15, -0.1) is 11.8 Å². The lowest BCUT2D eigenvalue weighted by Crippen LogP contribution is -2.24. The maximum absolute atomic E-state index is 12.9. The highest BCUT2D eigenvalue weighted by molar-refractivity contribution is 8.00. The second-order valence-electron chi connectivity index (χ2n) is 7.37. The van der Waals surface area contributed by atoms with Crippen LogP contribution in [0.4, 0.5) is 11.4 Å². The Hall–Kier alpha value is -3.45. The lowest BCUT2D eigenvalue weighted by atomic mass is 10.1. The molecule has 4 rings (SSSR count). The standard InChI is InChI=1S/C25H24N2O4S/c1-3-23(25(29)27-18-11-12-21-22(14-18)31-15-30-21)32-19-9-6-8-17(13-19)26-24(28)20-10-5-4-7-16(20)2/h4-14,23H,3,15H2,1-2H3,(H,26,28)(H,27,29). The summed E-state index contributed by atoms with van der Waals surface area (Å²) < 4.78 is 10.7. The predicted octanol–water partition coefficient (Wildman–Crippen LogP) is 5.49. The highest BCUT2D eigenvalue weighted by Crippen LogP contribution is 2.35. The Labute approximate surface area is 191 Å². The number of aryl methyl sites for hydroxylation is 1. The Bertz CT molecular complexity index is 1150. The lowest BCUT2D eigenvalue weighted by Gasteiger charge is -2.16. The van der Waals surface area contributed by atoms with Gasteiger partial charge in [-0.25, -0.2) is 0 Å². The number of hydrogen-bond donors (Lipinski definition) is 2. The van der Waals surface area contributed by atoms with Gasteiger partial charge in [0.15, 0.2) is 11.5 Å². The Morgan fingerprint density at radius 3 is 2.53 bits per heavy atom. The number of carbonyl (C=O) groups is 2. The number of amides is 2. The van der Waals surface area contributed by atoms with E-state index < -0.39 is 0 Å². The van der Waals surface area contributed by atoms with Gasteiger partial charge in [0.1, 0.15) is 0 Å². The molecule has 1 heterocycles. The molecule has 0 fully saturated rings. The number of anilines is 2. The first kappa shape index (κ1) is 21.8. The number of carbonyl (C=O) groups excluding carboxylic acids is 2. The molecule has 1 atom stereocenters. The number of hydrogen-bond acceptors (Lipinski definition) is 5. The molecular formula is C25H24N2O4S. The maximum atomic E-state index is 12.9. The molecule has 2 amide bonds. The van der Waals surface area contributed by atoms with Gasteiger partial charge in [-0.2, -0.15) is 0 Å². The average molecular weight is 449 g/mol. The topological polar surface area (TPSA) is 76.7 Å². The van der Waals surface area contributed by atoms with Crippen molar-refractivity contribution in [3.8, 4) is 11.5 Å². The van der Waals surface area contributed by atoms with Crippen molar-refractivity contribution >= 4 is 35.0 Å². The molecule has 7 heteroatoms. The minimum atomic E-state index is -0.289. The number of nitrogens with one attached hydrogen (secondary N) is 2. The molecule has 1 unspecified atom stereocenters. The molecule has 164 valence electrons. The van der Waals surface area contributed by atoms with E-state index in [9.17, 15) is 9.59 Å². The van der Waals surface area contributed by atoms with Crippen LogP contribution in [-0.2, 0) is 4.79 Å². The summed E-state index contributed by atoms with van der Waals surface area (Å²) in [6.07, 6.45) is 0.654. The van der Waals surface area contributed by atoms with Crippen molar-refractivity contribution in [1.29, 1.82) is 0 Å². The van der Waals surface area contributed by atoms with Crippen molar-refractivity contribution in [3.63, 3.8) is 0 Å². The number of thioether (sulfide) groups is 1. The molecule has 3 aromatic carbocycles. The first-order valence-electron chi connectivity index (χ1n) is 10.4. The van der Waals surface area contributed by atoms with Crippen LogP contribution in [0.5, 0.6) is 11.5 Å². The lowest BCUT2D eigenvalue weighted by molar-refractivity contribution is -0.115. The SMILES string of the molecule is CCC(Sc1cccc(NC(=O)c2ccccc2C)c1)C(=O)Nc1ccc2c(c1)OCO2. The van der Waals surface area contributed by atoms with Gasteiger partial charge < -0.3 is 20.1 Å². The van der Waals surface area contributed by atoms with Gasteiger partial charge in [-0.3, -0.25) is 9.59 Å². The van der Waals surface area contributed by atoms with E-state index in [1.807, 2.05) is 56.3 Å². The zero-order valence-electron chi connectivity index (χ0n) is 17.9. The molecule has 0 radical (unpaired) electrons. The van der Waals surface area contributed by atoms with E-state index in [1.54, 1.807) is 24.3 Å². The summed E-state index contributed by atoms with van der Waals surface area (Å²) in [5.41, 5.74) is 2.91. The zero-order chi connectivity index (χ0) is 22.5. The maximum Gasteiger partial charge on any atom is 0.255 e. The van der Waals surface area contributed by atoms with Gasteiger partial charge in [0, 0.05) is 27.9 Å². The molecule has 0 aromatic heterocycles. The summed E-state index contributed by atoms with van der Waals surface area (Å²) in [5, 5.41) is 5.61. The van der Waals surface area contributed by atoms with Crippen molar-refractivity contribution in [1.82, 2.24) is 0 Å². The van der Waals surface area contributed by atoms with Crippen LogP contribution in [-0.4, -0.2) is 23.9 Å². The molecule has 1 aliphatic rings. The molecule has 3 aromatic rings. The molecule has 0 bridgehead atoms. The van der Waals surface area contributed by atoms with E-state index in [1.165, 1.54) is 11.8 Å². The number of fused-ring (bicyclic) bond motifs is 1. The average Bonchev–Trinajstić information content (AvgIpc) is 3.26. The summed E-state index contributed by atoms with van der Waals surface area (Å²) in [7, 11) is 0. The highest BCUT2D eigenvalue weighted by Gasteiger charge is 2.20. The zero-order valence-corrected chi connectivity index (χ0v) is 18.7. The van der Waals surface area contributed by atoms with Crippen molar-refractivity contribution in [2.45, 2.75) is 30.4 Å². The third-order valence-electron chi connectivity index (χ3n) is 5.06. The fraction of sp³-hybridized carbons (Fsp3) is 0.200. The summed E-state index contributed by atoms with van der Waals surface area (Å²) in [5.74, 6) is 1.05. The molecule has 0 aliphatic carbocycles. The third kappa shape index (κ3) is 5.06. The minimum Gasteiger partial charge on any atom is -0.454 e. The first-order valence-corrected chi connectivity index (χ1v) is 11.3. The van der Waals surface area contributed by atoms with Crippen LogP contribution in [0.25, 0.3) is 0 Å². The minimum absolute atomic E-state index is 0.0919. The second kappa shape index (κ2) is 9.78. The van der Waals surface area contributed by atoms with Crippen LogP contribution in [0, 0.1) is 6.92 Å². The van der Waals surface area contributed by atoms with E-state index in [0.29, 0.717) is 34.9 Å². The Kier molecular flexibility index (Phi) is 6.66. The van der Waals surface area contributed by atoms with E-state index in [2.05, 4.69) is 10.6 Å². The monoisotopic (exact) mass is 448 g/mol. The van der Waals surface area contributed by atoms with E-state index in [0.717, 1.165) is 10.5 Å². The van der Waals surface area contributed by atoms with Gasteiger partial charge >= 0.3 is 0 Å². The Morgan fingerprint density at radius 2 is 1.72 bits per heavy atom. The van der Waals surface area contributed by atoms with Crippen molar-refractivity contribution in [2.24, 2.45) is 0 Å². The quantitative estimate of drug-likeness (QED) is 0.468. The van der Waals surface area contributed by atoms with E-state index in [-0.39, 0.29) is 23.9 Å². The van der Waals surface area contributed by atoms with Gasteiger partial charge in [-0.1, -0.05) is 31.2 Å². The van der Waals surface area contributed by atoms with Crippen LogP contribution in [0.15, 0.2) is 71.6 Å².